The Hall–Kier alpha value is -7.32. The van der Waals surface area contributed by atoms with E-state index in [1.54, 1.807) is 58.9 Å². The molecule has 79 heavy (non-hydrogen) atoms. The maximum Gasteiger partial charge on any atom is 0.272 e. The molecule has 2 aromatic carbocycles. The Morgan fingerprint density at radius 2 is 1.22 bits per heavy atom. The third kappa shape index (κ3) is 15.7. The standard InChI is InChI=1S/C58H83N11O10/c1-9-36(8)48(49(59)70)66-51(72)40(30-37-19-12-10-13-20-37)61-50(71)39(29-33(2)3)62-52(73)43-23-17-27-68(43)57(78)42-32-60-47(35(6)7)58(79)69-28-18-25-45(69)54(75)65-46(34(4)5)55(76)63-41(31-38-21-14-11-15-22-38)56(77)67-26-16-24-44(67)53(74)64-42/h10-15,19-22,32-36,39-41,43-48,60H,9,16-18,23-31H2,1-8H3,(H2,59,70)(H,61,71)(H,62,73)(H,63,76)(H,64,74)(H,65,75)(H,66,72)/b42-32-/t36-,39-,40-,41-,43-,44-,45-,46-,47-,48-/m0/s1. The van der Waals surface area contributed by atoms with Crippen molar-refractivity contribution >= 4 is 59.1 Å². The first-order valence-electron chi connectivity index (χ1n) is 28.2. The summed E-state index contributed by atoms with van der Waals surface area (Å²) in [6.45, 7) is 15.0. The van der Waals surface area contributed by atoms with Gasteiger partial charge in [0.1, 0.15) is 60.1 Å². The molecule has 4 aliphatic heterocycles. The van der Waals surface area contributed by atoms with Gasteiger partial charge in [0.2, 0.25) is 53.2 Å². The van der Waals surface area contributed by atoms with Crippen molar-refractivity contribution in [2.75, 3.05) is 19.6 Å². The lowest BCUT2D eigenvalue weighted by molar-refractivity contribution is -0.143. The van der Waals surface area contributed by atoms with Crippen LogP contribution in [0.25, 0.3) is 0 Å². The predicted octanol–water partition coefficient (Wildman–Crippen LogP) is 1.69. The number of primary amides is 1. The van der Waals surface area contributed by atoms with Crippen LogP contribution in [0.4, 0.5) is 0 Å². The van der Waals surface area contributed by atoms with E-state index >= 15 is 4.79 Å². The summed E-state index contributed by atoms with van der Waals surface area (Å²) in [5.41, 5.74) is 6.85. The zero-order valence-corrected chi connectivity index (χ0v) is 47.1. The van der Waals surface area contributed by atoms with Gasteiger partial charge in [-0.15, -0.1) is 0 Å². The lowest BCUT2D eigenvalue weighted by Gasteiger charge is -2.33. The summed E-state index contributed by atoms with van der Waals surface area (Å²) in [5.74, 6) is -7.51. The number of hydrogen-bond donors (Lipinski definition) is 8. The topological polar surface area (TPSA) is 291 Å². The molecule has 21 heteroatoms. The summed E-state index contributed by atoms with van der Waals surface area (Å²) < 4.78 is 0. The molecule has 0 bridgehead atoms. The first-order valence-corrected chi connectivity index (χ1v) is 28.2. The van der Waals surface area contributed by atoms with Gasteiger partial charge in [-0.1, -0.05) is 122 Å². The van der Waals surface area contributed by atoms with Crippen molar-refractivity contribution in [2.45, 2.75) is 174 Å². The molecule has 430 valence electrons. The highest BCUT2D eigenvalue weighted by Gasteiger charge is 2.44. The molecule has 6 rings (SSSR count). The minimum absolute atomic E-state index is 0.0556. The highest BCUT2D eigenvalue weighted by atomic mass is 16.2. The second-order valence-electron chi connectivity index (χ2n) is 22.7. The average molecular weight is 1090 g/mol. The lowest BCUT2D eigenvalue weighted by Crippen LogP contribution is -2.60. The number of carbonyl (C=O) groups is 10. The summed E-state index contributed by atoms with van der Waals surface area (Å²) in [7, 11) is 0. The number of rotatable bonds is 18. The molecule has 4 heterocycles. The first kappa shape index (κ1) is 60.9. The molecule has 3 fully saturated rings. The van der Waals surface area contributed by atoms with E-state index in [0.717, 1.165) is 11.1 Å². The number of fused-ring (bicyclic) bond motifs is 2. The van der Waals surface area contributed by atoms with Crippen LogP contribution in [-0.2, 0) is 60.8 Å². The van der Waals surface area contributed by atoms with E-state index in [9.17, 15) is 43.2 Å². The second kappa shape index (κ2) is 28.0. The van der Waals surface area contributed by atoms with Crippen LogP contribution in [0.3, 0.4) is 0 Å². The fourth-order valence-corrected chi connectivity index (χ4v) is 10.9. The van der Waals surface area contributed by atoms with E-state index in [2.05, 4.69) is 37.2 Å². The van der Waals surface area contributed by atoms with Crippen molar-refractivity contribution in [1.82, 2.24) is 51.9 Å². The molecule has 2 aromatic rings. The van der Waals surface area contributed by atoms with Crippen LogP contribution in [-0.4, -0.2) is 148 Å². The maximum absolute atomic E-state index is 15.1. The van der Waals surface area contributed by atoms with Crippen molar-refractivity contribution in [3.8, 4) is 0 Å². The summed E-state index contributed by atoms with van der Waals surface area (Å²) in [6, 6.07) is 8.32. The van der Waals surface area contributed by atoms with E-state index in [1.165, 1.54) is 20.9 Å². The number of benzene rings is 2. The number of hydrogen-bond acceptors (Lipinski definition) is 11. The number of amides is 10. The molecule has 9 N–H and O–H groups in total. The van der Waals surface area contributed by atoms with Gasteiger partial charge in [0.05, 0.1) is 0 Å². The highest BCUT2D eigenvalue weighted by molar-refractivity contribution is 6.03. The van der Waals surface area contributed by atoms with Crippen molar-refractivity contribution in [2.24, 2.45) is 29.4 Å². The Morgan fingerprint density at radius 3 is 1.80 bits per heavy atom. The van der Waals surface area contributed by atoms with E-state index < -0.39 is 125 Å². The van der Waals surface area contributed by atoms with Crippen molar-refractivity contribution < 1.29 is 47.9 Å². The molecule has 4 aliphatic rings. The first-order chi connectivity index (χ1) is 37.6. The molecule has 0 spiro atoms. The van der Waals surface area contributed by atoms with Crippen LogP contribution in [0.15, 0.2) is 72.6 Å². The molecule has 0 radical (unpaired) electrons. The number of carbonyl (C=O) groups excluding carboxylic acids is 10. The summed E-state index contributed by atoms with van der Waals surface area (Å²) >= 11 is 0. The zero-order valence-electron chi connectivity index (χ0n) is 47.1. The fraction of sp³-hybridized carbons (Fsp3) is 0.586. The quantitative estimate of drug-likeness (QED) is 0.106. The number of nitrogens with two attached hydrogens (primary N) is 1. The fourth-order valence-electron chi connectivity index (χ4n) is 10.9. The van der Waals surface area contributed by atoms with Crippen LogP contribution in [0.5, 0.6) is 0 Å². The molecule has 0 aliphatic carbocycles. The van der Waals surface area contributed by atoms with Gasteiger partial charge in [0, 0.05) is 38.7 Å². The van der Waals surface area contributed by atoms with Gasteiger partial charge in [-0.05, 0) is 79.7 Å². The molecule has 21 nitrogen and oxygen atoms in total. The Kier molecular flexibility index (Phi) is 21.6. The van der Waals surface area contributed by atoms with Gasteiger partial charge in [-0.3, -0.25) is 47.9 Å². The molecule has 0 saturated carbocycles. The summed E-state index contributed by atoms with van der Waals surface area (Å²) in [5, 5.41) is 20.1. The molecular weight excluding hydrogens is 1010 g/mol. The Morgan fingerprint density at radius 1 is 0.646 bits per heavy atom. The molecule has 10 atom stereocenters. The van der Waals surface area contributed by atoms with Gasteiger partial charge in [0.25, 0.3) is 5.91 Å². The van der Waals surface area contributed by atoms with Crippen LogP contribution < -0.4 is 43.0 Å². The van der Waals surface area contributed by atoms with Crippen LogP contribution >= 0.6 is 0 Å². The highest BCUT2D eigenvalue weighted by Crippen LogP contribution is 2.26. The molecule has 0 aromatic heterocycles. The van der Waals surface area contributed by atoms with Crippen LogP contribution in [0.1, 0.15) is 118 Å². The third-order valence-corrected chi connectivity index (χ3v) is 15.5. The Balaban J connectivity index is 1.31. The maximum atomic E-state index is 15.1. The number of nitrogens with one attached hydrogen (secondary N) is 7. The van der Waals surface area contributed by atoms with E-state index in [1.807, 2.05) is 57.2 Å². The largest absolute Gasteiger partial charge is 0.378 e. The molecule has 0 unspecified atom stereocenters. The minimum atomic E-state index is -1.18. The smallest absolute Gasteiger partial charge is 0.272 e. The molecule has 10 amide bonds. The van der Waals surface area contributed by atoms with Crippen molar-refractivity contribution in [1.29, 1.82) is 0 Å². The summed E-state index contributed by atoms with van der Waals surface area (Å²) in [6.07, 6.45) is 4.11. The van der Waals surface area contributed by atoms with Crippen LogP contribution in [0.2, 0.25) is 0 Å². The minimum Gasteiger partial charge on any atom is -0.378 e. The van der Waals surface area contributed by atoms with Gasteiger partial charge in [0.15, 0.2) is 0 Å². The van der Waals surface area contributed by atoms with Gasteiger partial charge in [-0.2, -0.15) is 0 Å². The van der Waals surface area contributed by atoms with E-state index in [-0.39, 0.29) is 69.3 Å². The zero-order chi connectivity index (χ0) is 57.7. The monoisotopic (exact) mass is 1090 g/mol. The van der Waals surface area contributed by atoms with Gasteiger partial charge in [-0.25, -0.2) is 0 Å². The number of likely N-dealkylation sites (tertiary alicyclic amines) is 1. The third-order valence-electron chi connectivity index (χ3n) is 15.5. The Bertz CT molecular complexity index is 2560. The normalized spacial score (nSPS) is 24.6. The van der Waals surface area contributed by atoms with Crippen LogP contribution in [0, 0.1) is 23.7 Å². The average Bonchev–Trinajstić information content (AvgIpc) is 4.25. The van der Waals surface area contributed by atoms with Gasteiger partial charge >= 0.3 is 0 Å². The lowest BCUT2D eigenvalue weighted by atomic mass is 9.97. The molecular formula is C58H83N11O10. The van der Waals surface area contributed by atoms with Crippen molar-refractivity contribution in [3.05, 3.63) is 83.7 Å². The second-order valence-corrected chi connectivity index (χ2v) is 22.7. The Labute approximate surface area is 464 Å². The molecule has 3 saturated heterocycles. The predicted molar refractivity (Wildman–Crippen MR) is 295 cm³/mol. The van der Waals surface area contributed by atoms with E-state index in [0.29, 0.717) is 32.1 Å². The van der Waals surface area contributed by atoms with Gasteiger partial charge < -0.3 is 57.7 Å². The summed E-state index contributed by atoms with van der Waals surface area (Å²) in [4.78, 5) is 147. The number of nitrogens with zero attached hydrogens (tertiary/aromatic N) is 3. The van der Waals surface area contributed by atoms with Crippen molar-refractivity contribution in [3.63, 3.8) is 0 Å². The SMILES string of the molecule is CC[C@H](C)[C@H](NC(=O)[C@H](Cc1ccccc1)NC(=O)[C@H](CC(C)C)NC(=O)[C@@H]1CCCN1C(=O)/C1=C/N[C@@H](C(C)C)C(=O)N2CCC[C@H]2C(=O)N[C@@H](C(C)C)C(=O)N[C@@H](Cc2ccccc2)C(=O)N2CCC[C@H]2C(=O)N1)C(N)=O. The van der Waals surface area contributed by atoms with E-state index in [4.69, 9.17) is 5.73 Å².